The van der Waals surface area contributed by atoms with Crippen LogP contribution >= 0.6 is 11.6 Å². The van der Waals surface area contributed by atoms with Crippen molar-refractivity contribution in [2.45, 2.75) is 0 Å². The molecule has 0 spiro atoms. The van der Waals surface area contributed by atoms with E-state index in [-0.39, 0.29) is 5.69 Å². The Hall–Kier alpha value is -3.91. The van der Waals surface area contributed by atoms with Gasteiger partial charge in [-0.05, 0) is 18.2 Å². The lowest BCUT2D eigenvalue weighted by Gasteiger charge is -2.12. The van der Waals surface area contributed by atoms with E-state index in [0.29, 0.717) is 49.9 Å². The molecule has 0 unspecified atom stereocenters. The van der Waals surface area contributed by atoms with Crippen LogP contribution in [-0.2, 0) is 0 Å². The Morgan fingerprint density at radius 3 is 2.76 bits per heavy atom. The van der Waals surface area contributed by atoms with Crippen molar-refractivity contribution in [2.24, 2.45) is 4.99 Å². The van der Waals surface area contributed by atoms with Gasteiger partial charge in [-0.25, -0.2) is 4.99 Å². The summed E-state index contributed by atoms with van der Waals surface area (Å²) in [5.41, 5.74) is 3.07. The first-order valence-electron chi connectivity index (χ1n) is 8.62. The zero-order valence-corrected chi connectivity index (χ0v) is 15.5. The average Bonchev–Trinajstić information content (AvgIpc) is 3.38. The molecular formula is C20H12ClN5O3. The van der Waals surface area contributed by atoms with Gasteiger partial charge in [0, 0.05) is 28.4 Å². The molecule has 4 aromatic rings. The summed E-state index contributed by atoms with van der Waals surface area (Å²) < 4.78 is 5.50. The van der Waals surface area contributed by atoms with Crippen LogP contribution in [-0.4, -0.2) is 20.8 Å². The summed E-state index contributed by atoms with van der Waals surface area (Å²) in [5, 5.41) is 22.7. The van der Waals surface area contributed by atoms with Gasteiger partial charge in [0.05, 0.1) is 34.2 Å². The molecule has 8 nitrogen and oxygen atoms in total. The van der Waals surface area contributed by atoms with Crippen molar-refractivity contribution in [3.8, 4) is 0 Å². The topological polar surface area (TPSA) is 109 Å². The fourth-order valence-corrected chi connectivity index (χ4v) is 3.57. The summed E-state index contributed by atoms with van der Waals surface area (Å²) in [7, 11) is 0. The fraction of sp³-hybridized carbons (Fsp3) is 0. The summed E-state index contributed by atoms with van der Waals surface area (Å²) in [6.07, 6.45) is 4.79. The van der Waals surface area contributed by atoms with Gasteiger partial charge >= 0.3 is 0 Å². The normalized spacial score (nSPS) is 13.3. The van der Waals surface area contributed by atoms with Gasteiger partial charge in [-0.15, -0.1) is 0 Å². The van der Waals surface area contributed by atoms with Crippen LogP contribution in [0.25, 0.3) is 16.6 Å². The van der Waals surface area contributed by atoms with E-state index < -0.39 is 4.92 Å². The van der Waals surface area contributed by atoms with Crippen molar-refractivity contribution in [3.05, 3.63) is 93.1 Å². The van der Waals surface area contributed by atoms with Crippen molar-refractivity contribution in [1.29, 1.82) is 0 Å². The first-order chi connectivity index (χ1) is 14.1. The maximum atomic E-state index is 11.7. The highest BCUT2D eigenvalue weighted by atomic mass is 35.5. The molecule has 1 aliphatic heterocycles. The molecule has 0 fully saturated rings. The monoisotopic (exact) mass is 405 g/mol. The maximum Gasteiger partial charge on any atom is 0.295 e. The molecule has 0 saturated carbocycles. The Balaban J connectivity index is 1.85. The summed E-state index contributed by atoms with van der Waals surface area (Å²) in [4.78, 5) is 16.0. The molecule has 1 aliphatic rings. The molecule has 0 atom stereocenters. The lowest BCUT2D eigenvalue weighted by molar-refractivity contribution is -0.383. The predicted octanol–water partition coefficient (Wildman–Crippen LogP) is 4.98. The number of anilines is 1. The van der Waals surface area contributed by atoms with Crippen LogP contribution in [0.5, 0.6) is 0 Å². The zero-order valence-electron chi connectivity index (χ0n) is 14.7. The number of nitro benzene ring substituents is 1. The molecule has 3 heterocycles. The number of non-ortho nitro benzene ring substituents is 1. The van der Waals surface area contributed by atoms with Crippen molar-refractivity contribution in [1.82, 2.24) is 10.2 Å². The Morgan fingerprint density at radius 2 is 2.00 bits per heavy atom. The van der Waals surface area contributed by atoms with Gasteiger partial charge in [0.15, 0.2) is 5.76 Å². The van der Waals surface area contributed by atoms with Crippen LogP contribution in [0.2, 0.25) is 5.02 Å². The number of benzene rings is 2. The Labute approximate surface area is 168 Å². The van der Waals surface area contributed by atoms with E-state index in [9.17, 15) is 10.1 Å². The number of hydrogen-bond donors (Lipinski definition) is 2. The molecule has 29 heavy (non-hydrogen) atoms. The highest BCUT2D eigenvalue weighted by Gasteiger charge is 2.26. The van der Waals surface area contributed by atoms with E-state index >= 15 is 0 Å². The van der Waals surface area contributed by atoms with Crippen molar-refractivity contribution in [3.63, 3.8) is 0 Å². The largest absolute Gasteiger partial charge is 0.463 e. The molecule has 2 N–H and O–H groups in total. The third-order valence-corrected chi connectivity index (χ3v) is 4.98. The summed E-state index contributed by atoms with van der Waals surface area (Å²) in [6.45, 7) is 0. The second-order valence-corrected chi connectivity index (χ2v) is 6.73. The zero-order chi connectivity index (χ0) is 20.0. The van der Waals surface area contributed by atoms with Crippen molar-refractivity contribution >= 4 is 45.3 Å². The molecule has 2 aromatic carbocycles. The fourth-order valence-electron chi connectivity index (χ4n) is 3.35. The van der Waals surface area contributed by atoms with Crippen LogP contribution in [0.1, 0.15) is 16.9 Å². The standard InChI is InChI=1S/C20H12ClN5O3/c21-14-5-2-1-4-11(14)19-12-8-16(26(27)28)20-13(9-23-25-20)18(12)22-10-15(24-19)17-6-3-7-29-17/h1-10,22H,(H,23,25). The molecule has 0 saturated heterocycles. The SMILES string of the molecule is O=[N+]([O-])c1cc2c(c3cn[nH]c13)NC=C(c1ccco1)N=C2c1ccccc1Cl. The van der Waals surface area contributed by atoms with Gasteiger partial charge in [-0.1, -0.05) is 29.8 Å². The van der Waals surface area contributed by atoms with E-state index in [0.717, 1.165) is 0 Å². The molecule has 0 radical (unpaired) electrons. The van der Waals surface area contributed by atoms with Gasteiger partial charge in [0.2, 0.25) is 0 Å². The summed E-state index contributed by atoms with van der Waals surface area (Å²) in [5.74, 6) is 0.549. The Bertz CT molecular complexity index is 1320. The number of H-pyrrole nitrogens is 1. The number of fused-ring (bicyclic) bond motifs is 3. The van der Waals surface area contributed by atoms with E-state index in [1.54, 1.807) is 36.9 Å². The third-order valence-electron chi connectivity index (χ3n) is 4.66. The van der Waals surface area contributed by atoms with Crippen molar-refractivity contribution in [2.75, 3.05) is 5.32 Å². The van der Waals surface area contributed by atoms with Crippen LogP contribution < -0.4 is 5.32 Å². The number of furan rings is 1. The Morgan fingerprint density at radius 1 is 1.14 bits per heavy atom. The van der Waals surface area contributed by atoms with Crippen LogP contribution in [0.15, 0.2) is 70.5 Å². The number of aliphatic imine (C=N–C) groups is 1. The van der Waals surface area contributed by atoms with Crippen LogP contribution in [0.3, 0.4) is 0 Å². The summed E-state index contributed by atoms with van der Waals surface area (Å²) in [6, 6.07) is 12.2. The molecular weight excluding hydrogens is 394 g/mol. The quantitative estimate of drug-likeness (QED) is 0.369. The number of nitrogens with zero attached hydrogens (tertiary/aromatic N) is 3. The second kappa shape index (κ2) is 6.61. The first-order valence-corrected chi connectivity index (χ1v) is 9.00. The number of rotatable bonds is 3. The lowest BCUT2D eigenvalue weighted by atomic mass is 9.97. The number of nitrogens with one attached hydrogen (secondary N) is 2. The maximum absolute atomic E-state index is 11.7. The van der Waals surface area contributed by atoms with Crippen LogP contribution in [0.4, 0.5) is 11.4 Å². The lowest BCUT2D eigenvalue weighted by Crippen LogP contribution is -2.07. The van der Waals surface area contributed by atoms with Gasteiger partial charge in [-0.3, -0.25) is 15.2 Å². The third kappa shape index (κ3) is 2.77. The number of aromatic nitrogens is 2. The van der Waals surface area contributed by atoms with E-state index in [1.807, 2.05) is 18.2 Å². The second-order valence-electron chi connectivity index (χ2n) is 6.33. The van der Waals surface area contributed by atoms with Crippen LogP contribution in [0, 0.1) is 10.1 Å². The molecule has 2 aromatic heterocycles. The van der Waals surface area contributed by atoms with Gasteiger partial charge < -0.3 is 9.73 Å². The highest BCUT2D eigenvalue weighted by molar-refractivity contribution is 6.36. The smallest absolute Gasteiger partial charge is 0.295 e. The minimum absolute atomic E-state index is 0.0979. The minimum Gasteiger partial charge on any atom is -0.463 e. The number of hydrogen-bond acceptors (Lipinski definition) is 6. The number of aromatic amines is 1. The summed E-state index contributed by atoms with van der Waals surface area (Å²) >= 11 is 6.45. The van der Waals surface area contributed by atoms with E-state index in [2.05, 4.69) is 15.5 Å². The number of nitro groups is 1. The van der Waals surface area contributed by atoms with Gasteiger partial charge in [0.25, 0.3) is 5.69 Å². The first kappa shape index (κ1) is 17.2. The molecule has 142 valence electrons. The predicted molar refractivity (Wildman–Crippen MR) is 110 cm³/mol. The molecule has 0 amide bonds. The van der Waals surface area contributed by atoms with Gasteiger partial charge in [-0.2, -0.15) is 5.10 Å². The van der Waals surface area contributed by atoms with Gasteiger partial charge in [0.1, 0.15) is 11.2 Å². The molecule has 9 heteroatoms. The molecule has 0 bridgehead atoms. The Kier molecular flexibility index (Phi) is 3.92. The molecule has 0 aliphatic carbocycles. The highest BCUT2D eigenvalue weighted by Crippen LogP contribution is 2.38. The average molecular weight is 406 g/mol. The van der Waals surface area contributed by atoms with E-state index in [4.69, 9.17) is 21.0 Å². The molecule has 5 rings (SSSR count). The van der Waals surface area contributed by atoms with Crippen molar-refractivity contribution < 1.29 is 9.34 Å². The van der Waals surface area contributed by atoms with E-state index in [1.165, 1.54) is 6.07 Å². The minimum atomic E-state index is -0.448. The number of halogens is 1.